The number of fused-ring (bicyclic) bond motifs is 1. The van der Waals surface area contributed by atoms with E-state index in [4.69, 9.17) is 4.42 Å². The van der Waals surface area contributed by atoms with Gasteiger partial charge in [-0.3, -0.25) is 0 Å². The lowest BCUT2D eigenvalue weighted by atomic mass is 9.86. The van der Waals surface area contributed by atoms with Crippen molar-refractivity contribution in [1.82, 2.24) is 5.32 Å². The highest BCUT2D eigenvalue weighted by Gasteiger charge is 2.25. The van der Waals surface area contributed by atoms with Gasteiger partial charge in [-0.25, -0.2) is 0 Å². The number of nitrogens with one attached hydrogen (secondary N) is 1. The van der Waals surface area contributed by atoms with Crippen LogP contribution in [-0.4, -0.2) is 12.1 Å². The minimum atomic E-state index is 0.0528. The molecule has 2 aromatic rings. The first-order valence-corrected chi connectivity index (χ1v) is 7.02. The molecule has 0 aliphatic heterocycles. The highest BCUT2D eigenvalue weighted by molar-refractivity contribution is 5.77. The van der Waals surface area contributed by atoms with E-state index < -0.39 is 0 Å². The zero-order valence-corrected chi connectivity index (χ0v) is 12.7. The number of hydrogen-bond donors (Lipinski definition) is 1. The monoisotopic (exact) mass is 259 g/mol. The van der Waals surface area contributed by atoms with Crippen molar-refractivity contribution >= 4 is 11.0 Å². The SMILES string of the molecule is CC(C)(C)NCCC(C)(C)c1cc2ccccc2o1. The standard InChI is InChI=1S/C17H25NO/c1-16(2,3)18-11-10-17(4,5)15-12-13-8-6-7-9-14(13)19-15/h6-9,12,18H,10-11H2,1-5H3. The van der Waals surface area contributed by atoms with Crippen LogP contribution in [0.4, 0.5) is 0 Å². The molecule has 0 spiro atoms. The topological polar surface area (TPSA) is 25.2 Å². The summed E-state index contributed by atoms with van der Waals surface area (Å²) < 4.78 is 5.99. The molecule has 0 unspecified atom stereocenters. The molecule has 1 heterocycles. The molecule has 19 heavy (non-hydrogen) atoms. The van der Waals surface area contributed by atoms with Crippen molar-refractivity contribution in [3.05, 3.63) is 36.1 Å². The maximum Gasteiger partial charge on any atom is 0.134 e. The molecule has 0 radical (unpaired) electrons. The van der Waals surface area contributed by atoms with Gasteiger partial charge in [0.2, 0.25) is 0 Å². The average Bonchev–Trinajstić information content (AvgIpc) is 2.71. The molecule has 0 amide bonds. The Morgan fingerprint density at radius 1 is 1.05 bits per heavy atom. The molecule has 1 aromatic heterocycles. The van der Waals surface area contributed by atoms with E-state index in [1.807, 2.05) is 12.1 Å². The van der Waals surface area contributed by atoms with Crippen molar-refractivity contribution in [3.63, 3.8) is 0 Å². The summed E-state index contributed by atoms with van der Waals surface area (Å²) >= 11 is 0. The molecule has 1 N–H and O–H groups in total. The Hall–Kier alpha value is -1.28. The minimum absolute atomic E-state index is 0.0528. The Bertz CT molecular complexity index is 513. The molecular weight excluding hydrogens is 234 g/mol. The number of hydrogen-bond acceptors (Lipinski definition) is 2. The lowest BCUT2D eigenvalue weighted by molar-refractivity contribution is 0.341. The van der Waals surface area contributed by atoms with Crippen molar-refractivity contribution in [1.29, 1.82) is 0 Å². The Kier molecular flexibility index (Phi) is 3.73. The third kappa shape index (κ3) is 3.60. The summed E-state index contributed by atoms with van der Waals surface area (Å²) in [6.45, 7) is 12.1. The minimum Gasteiger partial charge on any atom is -0.461 e. The van der Waals surface area contributed by atoms with Gasteiger partial charge in [-0.15, -0.1) is 0 Å². The van der Waals surface area contributed by atoms with Crippen LogP contribution in [0.25, 0.3) is 11.0 Å². The van der Waals surface area contributed by atoms with Gasteiger partial charge in [0.05, 0.1) is 0 Å². The number of furan rings is 1. The summed E-state index contributed by atoms with van der Waals surface area (Å²) in [4.78, 5) is 0. The molecule has 0 saturated heterocycles. The first kappa shape index (κ1) is 14.1. The second-order valence-corrected chi connectivity index (χ2v) is 6.96. The first-order valence-electron chi connectivity index (χ1n) is 7.02. The van der Waals surface area contributed by atoms with Crippen LogP contribution in [0.5, 0.6) is 0 Å². The Labute approximate surface area is 116 Å². The largest absolute Gasteiger partial charge is 0.461 e. The molecule has 0 aliphatic carbocycles. The Balaban J connectivity index is 2.10. The summed E-state index contributed by atoms with van der Waals surface area (Å²) in [6, 6.07) is 10.4. The van der Waals surface area contributed by atoms with E-state index in [0.717, 1.165) is 24.3 Å². The zero-order valence-electron chi connectivity index (χ0n) is 12.7. The van der Waals surface area contributed by atoms with E-state index in [1.54, 1.807) is 0 Å². The fourth-order valence-corrected chi connectivity index (χ4v) is 2.19. The van der Waals surface area contributed by atoms with Crippen LogP contribution in [0.2, 0.25) is 0 Å². The van der Waals surface area contributed by atoms with Crippen molar-refractivity contribution in [3.8, 4) is 0 Å². The third-order valence-corrected chi connectivity index (χ3v) is 3.50. The van der Waals surface area contributed by atoms with Gasteiger partial charge in [0, 0.05) is 16.3 Å². The second kappa shape index (κ2) is 5.01. The van der Waals surface area contributed by atoms with Crippen LogP contribution in [0.15, 0.2) is 34.7 Å². The van der Waals surface area contributed by atoms with E-state index in [-0.39, 0.29) is 11.0 Å². The van der Waals surface area contributed by atoms with E-state index >= 15 is 0 Å². The van der Waals surface area contributed by atoms with Crippen LogP contribution in [0.3, 0.4) is 0 Å². The molecule has 2 rings (SSSR count). The molecule has 0 saturated carbocycles. The summed E-state index contributed by atoms with van der Waals surface area (Å²) in [6.07, 6.45) is 1.06. The lowest BCUT2D eigenvalue weighted by Gasteiger charge is -2.26. The van der Waals surface area contributed by atoms with Crippen molar-refractivity contribution in [2.75, 3.05) is 6.54 Å². The maximum atomic E-state index is 5.99. The van der Waals surface area contributed by atoms with Crippen LogP contribution in [-0.2, 0) is 5.41 Å². The van der Waals surface area contributed by atoms with E-state index in [2.05, 4.69) is 58.1 Å². The second-order valence-electron chi connectivity index (χ2n) is 6.96. The first-order chi connectivity index (χ1) is 8.78. The highest BCUT2D eigenvalue weighted by atomic mass is 16.3. The maximum absolute atomic E-state index is 5.99. The van der Waals surface area contributed by atoms with Gasteiger partial charge in [-0.05, 0) is 45.9 Å². The molecule has 0 fully saturated rings. The fourth-order valence-electron chi connectivity index (χ4n) is 2.19. The molecule has 1 aromatic carbocycles. The highest BCUT2D eigenvalue weighted by Crippen LogP contribution is 2.31. The summed E-state index contributed by atoms with van der Waals surface area (Å²) in [5.41, 5.74) is 1.20. The number of benzene rings is 1. The van der Waals surface area contributed by atoms with Crippen molar-refractivity contribution < 1.29 is 4.42 Å². The zero-order chi connectivity index (χ0) is 14.1. The van der Waals surface area contributed by atoms with Crippen molar-refractivity contribution in [2.24, 2.45) is 0 Å². The molecule has 104 valence electrons. The normalized spacial score (nSPS) is 13.1. The van der Waals surface area contributed by atoms with Gasteiger partial charge in [-0.2, -0.15) is 0 Å². The van der Waals surface area contributed by atoms with Gasteiger partial charge in [-0.1, -0.05) is 32.0 Å². The van der Waals surface area contributed by atoms with Crippen molar-refractivity contribution in [2.45, 2.75) is 52.0 Å². The van der Waals surface area contributed by atoms with Crippen LogP contribution >= 0.6 is 0 Å². The van der Waals surface area contributed by atoms with Gasteiger partial charge >= 0.3 is 0 Å². The van der Waals surface area contributed by atoms with E-state index in [1.165, 1.54) is 5.39 Å². The third-order valence-electron chi connectivity index (χ3n) is 3.50. The molecule has 0 aliphatic rings. The summed E-state index contributed by atoms with van der Waals surface area (Å²) in [5.74, 6) is 1.07. The molecule has 0 bridgehead atoms. The Morgan fingerprint density at radius 3 is 2.37 bits per heavy atom. The summed E-state index contributed by atoms with van der Waals surface area (Å²) in [7, 11) is 0. The van der Waals surface area contributed by atoms with Gasteiger partial charge < -0.3 is 9.73 Å². The molecule has 2 heteroatoms. The molecule has 0 atom stereocenters. The Morgan fingerprint density at radius 2 is 1.74 bits per heavy atom. The van der Waals surface area contributed by atoms with Crippen LogP contribution < -0.4 is 5.32 Å². The van der Waals surface area contributed by atoms with Crippen LogP contribution in [0, 0.1) is 0 Å². The van der Waals surface area contributed by atoms with Gasteiger partial charge in [0.15, 0.2) is 0 Å². The predicted octanol–water partition coefficient (Wildman–Crippen LogP) is 4.49. The van der Waals surface area contributed by atoms with Gasteiger partial charge in [0.25, 0.3) is 0 Å². The summed E-state index contributed by atoms with van der Waals surface area (Å²) in [5, 5.41) is 4.73. The smallest absolute Gasteiger partial charge is 0.134 e. The van der Waals surface area contributed by atoms with Crippen LogP contribution in [0.1, 0.15) is 46.8 Å². The molecular formula is C17H25NO. The quantitative estimate of drug-likeness (QED) is 0.875. The van der Waals surface area contributed by atoms with Gasteiger partial charge in [0.1, 0.15) is 11.3 Å². The number of rotatable bonds is 4. The fraction of sp³-hybridized carbons (Fsp3) is 0.529. The number of para-hydroxylation sites is 1. The lowest BCUT2D eigenvalue weighted by Crippen LogP contribution is -2.38. The average molecular weight is 259 g/mol. The molecule has 2 nitrogen and oxygen atoms in total. The van der Waals surface area contributed by atoms with E-state index in [9.17, 15) is 0 Å². The predicted molar refractivity (Wildman–Crippen MR) is 81.6 cm³/mol. The van der Waals surface area contributed by atoms with E-state index in [0.29, 0.717) is 0 Å².